The van der Waals surface area contributed by atoms with Crippen molar-refractivity contribution >= 4 is 11.3 Å². The Hall–Kier alpha value is -0.380. The quantitative estimate of drug-likeness (QED) is 0.784. The van der Waals surface area contributed by atoms with Gasteiger partial charge in [-0.3, -0.25) is 0 Å². The second kappa shape index (κ2) is 3.78. The van der Waals surface area contributed by atoms with Crippen LogP contribution in [0.25, 0.3) is 0 Å². The molecule has 1 fully saturated rings. The second-order valence-corrected chi connectivity index (χ2v) is 4.61. The summed E-state index contributed by atoms with van der Waals surface area (Å²) in [6.45, 7) is 1.59. The predicted octanol–water partition coefficient (Wildman–Crippen LogP) is 1.80. The molecule has 0 saturated carbocycles. The van der Waals surface area contributed by atoms with Crippen LogP contribution in [0.4, 0.5) is 0 Å². The molecule has 1 saturated heterocycles. The van der Waals surface area contributed by atoms with Gasteiger partial charge in [0.25, 0.3) is 0 Å². The molecule has 3 heteroatoms. The molecule has 1 aliphatic heterocycles. The lowest BCUT2D eigenvalue weighted by Gasteiger charge is -2.33. The normalized spacial score (nSPS) is 29.0. The number of hydrogen-bond donors (Lipinski definition) is 1. The second-order valence-electron chi connectivity index (χ2n) is 3.83. The number of ether oxygens (including phenoxy) is 1. The van der Waals surface area contributed by atoms with E-state index < -0.39 is 0 Å². The summed E-state index contributed by atoms with van der Waals surface area (Å²) in [6, 6.07) is 2.15. The molecule has 1 aromatic rings. The molecule has 2 nitrogen and oxygen atoms in total. The largest absolute Gasteiger partial charge is 0.380 e. The van der Waals surface area contributed by atoms with Gasteiger partial charge in [0.05, 0.1) is 6.61 Å². The summed E-state index contributed by atoms with van der Waals surface area (Å²) in [4.78, 5) is 0. The van der Waals surface area contributed by atoms with E-state index in [1.807, 2.05) is 0 Å². The maximum absolute atomic E-state index is 6.23. The van der Waals surface area contributed by atoms with Gasteiger partial charge in [0, 0.05) is 12.1 Å². The van der Waals surface area contributed by atoms with Crippen LogP contribution in [0.15, 0.2) is 16.8 Å². The molecule has 0 radical (unpaired) electrons. The van der Waals surface area contributed by atoms with E-state index in [-0.39, 0.29) is 5.54 Å². The van der Waals surface area contributed by atoms with Gasteiger partial charge in [0.2, 0.25) is 0 Å². The standard InChI is InChI=1S/C10H15NOS/c11-10(3-1-4-12-8-10)6-9-2-5-13-7-9/h2,5,7H,1,3-4,6,8,11H2. The summed E-state index contributed by atoms with van der Waals surface area (Å²) in [5.41, 5.74) is 7.46. The zero-order valence-electron chi connectivity index (χ0n) is 7.66. The van der Waals surface area contributed by atoms with Gasteiger partial charge in [-0.25, -0.2) is 0 Å². The molecule has 1 aromatic heterocycles. The average molecular weight is 197 g/mol. The molecule has 13 heavy (non-hydrogen) atoms. The number of hydrogen-bond acceptors (Lipinski definition) is 3. The third kappa shape index (κ3) is 2.30. The van der Waals surface area contributed by atoms with Crippen LogP contribution in [0.3, 0.4) is 0 Å². The lowest BCUT2D eigenvalue weighted by Crippen LogP contribution is -2.49. The van der Waals surface area contributed by atoms with Gasteiger partial charge in [-0.05, 0) is 41.7 Å². The first-order chi connectivity index (χ1) is 6.29. The van der Waals surface area contributed by atoms with Gasteiger partial charge < -0.3 is 10.5 Å². The fourth-order valence-corrected chi connectivity index (χ4v) is 2.48. The Kier molecular flexibility index (Phi) is 2.67. The highest BCUT2D eigenvalue weighted by Gasteiger charge is 2.28. The Morgan fingerprint density at radius 1 is 1.62 bits per heavy atom. The molecule has 0 bridgehead atoms. The maximum atomic E-state index is 6.23. The van der Waals surface area contributed by atoms with Crippen molar-refractivity contribution in [2.24, 2.45) is 5.73 Å². The first-order valence-electron chi connectivity index (χ1n) is 4.66. The third-order valence-corrected chi connectivity index (χ3v) is 3.22. The molecule has 0 spiro atoms. The van der Waals surface area contributed by atoms with Crippen LogP contribution in [0.5, 0.6) is 0 Å². The summed E-state index contributed by atoms with van der Waals surface area (Å²) >= 11 is 1.73. The van der Waals surface area contributed by atoms with Gasteiger partial charge in [0.1, 0.15) is 0 Å². The molecule has 0 aromatic carbocycles. The first kappa shape index (κ1) is 9.19. The summed E-state index contributed by atoms with van der Waals surface area (Å²) in [5.74, 6) is 0. The van der Waals surface area contributed by atoms with Crippen LogP contribution < -0.4 is 5.73 Å². The molecule has 72 valence electrons. The van der Waals surface area contributed by atoms with Gasteiger partial charge >= 0.3 is 0 Å². The van der Waals surface area contributed by atoms with Gasteiger partial charge in [-0.1, -0.05) is 0 Å². The number of nitrogens with two attached hydrogens (primary N) is 1. The SMILES string of the molecule is NC1(Cc2ccsc2)CCCOC1. The molecule has 2 heterocycles. The Morgan fingerprint density at radius 3 is 3.15 bits per heavy atom. The van der Waals surface area contributed by atoms with E-state index in [9.17, 15) is 0 Å². The van der Waals surface area contributed by atoms with E-state index in [1.54, 1.807) is 11.3 Å². The monoisotopic (exact) mass is 197 g/mol. The lowest BCUT2D eigenvalue weighted by atomic mass is 9.88. The van der Waals surface area contributed by atoms with Crippen molar-refractivity contribution in [2.45, 2.75) is 24.8 Å². The molecule has 2 N–H and O–H groups in total. The highest BCUT2D eigenvalue weighted by molar-refractivity contribution is 7.07. The van der Waals surface area contributed by atoms with E-state index >= 15 is 0 Å². The Morgan fingerprint density at radius 2 is 2.54 bits per heavy atom. The summed E-state index contributed by atoms with van der Waals surface area (Å²) < 4.78 is 5.41. The van der Waals surface area contributed by atoms with Crippen LogP contribution in [0.2, 0.25) is 0 Å². The zero-order chi connectivity index (χ0) is 9.15. The van der Waals surface area contributed by atoms with Crippen molar-refractivity contribution in [3.05, 3.63) is 22.4 Å². The number of rotatable bonds is 2. The Bertz CT molecular complexity index is 252. The van der Waals surface area contributed by atoms with Crippen molar-refractivity contribution in [3.8, 4) is 0 Å². The van der Waals surface area contributed by atoms with Crippen LogP contribution in [-0.4, -0.2) is 18.8 Å². The fourth-order valence-electron chi connectivity index (χ4n) is 1.81. The van der Waals surface area contributed by atoms with E-state index in [0.29, 0.717) is 6.61 Å². The predicted molar refractivity (Wildman–Crippen MR) is 55.0 cm³/mol. The molecular weight excluding hydrogens is 182 g/mol. The molecule has 1 unspecified atom stereocenters. The summed E-state index contributed by atoms with van der Waals surface area (Å²) in [6.07, 6.45) is 3.14. The molecule has 1 atom stereocenters. The van der Waals surface area contributed by atoms with E-state index in [2.05, 4.69) is 16.8 Å². The highest BCUT2D eigenvalue weighted by atomic mass is 32.1. The van der Waals surface area contributed by atoms with Crippen molar-refractivity contribution in [1.29, 1.82) is 0 Å². The van der Waals surface area contributed by atoms with Crippen LogP contribution in [0, 0.1) is 0 Å². The van der Waals surface area contributed by atoms with Crippen molar-refractivity contribution < 1.29 is 4.74 Å². The van der Waals surface area contributed by atoms with Crippen LogP contribution in [0.1, 0.15) is 18.4 Å². The minimum absolute atomic E-state index is 0.112. The third-order valence-electron chi connectivity index (χ3n) is 2.49. The van der Waals surface area contributed by atoms with Gasteiger partial charge in [-0.2, -0.15) is 11.3 Å². The molecule has 2 rings (SSSR count). The topological polar surface area (TPSA) is 35.2 Å². The first-order valence-corrected chi connectivity index (χ1v) is 5.61. The molecule has 0 aliphatic carbocycles. The molecular formula is C10H15NOS. The zero-order valence-corrected chi connectivity index (χ0v) is 8.48. The Labute approximate surface area is 82.7 Å². The summed E-state index contributed by atoms with van der Waals surface area (Å²) in [7, 11) is 0. The van der Waals surface area contributed by atoms with Gasteiger partial charge in [-0.15, -0.1) is 0 Å². The minimum atomic E-state index is -0.112. The van der Waals surface area contributed by atoms with E-state index in [0.717, 1.165) is 25.9 Å². The van der Waals surface area contributed by atoms with E-state index in [1.165, 1.54) is 5.56 Å². The molecule has 0 amide bonds. The minimum Gasteiger partial charge on any atom is -0.380 e. The highest BCUT2D eigenvalue weighted by Crippen LogP contribution is 2.22. The molecule has 1 aliphatic rings. The Balaban J connectivity index is 1.99. The van der Waals surface area contributed by atoms with Crippen molar-refractivity contribution in [1.82, 2.24) is 0 Å². The van der Waals surface area contributed by atoms with Crippen LogP contribution >= 0.6 is 11.3 Å². The maximum Gasteiger partial charge on any atom is 0.0649 e. The smallest absolute Gasteiger partial charge is 0.0649 e. The lowest BCUT2D eigenvalue weighted by molar-refractivity contribution is 0.0383. The average Bonchev–Trinajstić information content (AvgIpc) is 2.57. The van der Waals surface area contributed by atoms with Gasteiger partial charge in [0.15, 0.2) is 0 Å². The van der Waals surface area contributed by atoms with E-state index in [4.69, 9.17) is 10.5 Å². The summed E-state index contributed by atoms with van der Waals surface area (Å²) in [5, 5.41) is 4.27. The van der Waals surface area contributed by atoms with Crippen molar-refractivity contribution in [2.75, 3.05) is 13.2 Å². The fraction of sp³-hybridized carbons (Fsp3) is 0.600. The van der Waals surface area contributed by atoms with Crippen molar-refractivity contribution in [3.63, 3.8) is 0 Å². The number of thiophene rings is 1. The van der Waals surface area contributed by atoms with Crippen LogP contribution in [-0.2, 0) is 11.2 Å².